The maximum Gasteiger partial charge on any atom is 0.416 e. The number of hydrogen-bond donors (Lipinski definition) is 1. The molecule has 2 rings (SSSR count). The van der Waals surface area contributed by atoms with Gasteiger partial charge in [-0.2, -0.15) is 13.2 Å². The van der Waals surface area contributed by atoms with Crippen LogP contribution in [0.1, 0.15) is 33.7 Å². The molecule has 24 heavy (non-hydrogen) atoms. The number of halogens is 4. The van der Waals surface area contributed by atoms with E-state index in [1.165, 1.54) is 12.1 Å². The summed E-state index contributed by atoms with van der Waals surface area (Å²) in [5.41, 5.74) is 1.43. The number of amides is 1. The predicted octanol–water partition coefficient (Wildman–Crippen LogP) is 5.00. The Morgan fingerprint density at radius 1 is 1.25 bits per heavy atom. The van der Waals surface area contributed by atoms with Crippen molar-refractivity contribution in [2.75, 3.05) is 11.2 Å². The third kappa shape index (κ3) is 4.12. The molecule has 3 nitrogen and oxygen atoms in total. The normalized spacial score (nSPS) is 11.6. The molecule has 1 aromatic carbocycles. The number of hydrogen-bond acceptors (Lipinski definition) is 1. The Kier molecular flexibility index (Phi) is 5.59. The van der Waals surface area contributed by atoms with Crippen molar-refractivity contribution >= 4 is 23.2 Å². The van der Waals surface area contributed by atoms with E-state index in [2.05, 4.69) is 5.32 Å². The number of aromatic nitrogens is 1. The van der Waals surface area contributed by atoms with E-state index in [1.54, 1.807) is 6.07 Å². The first-order valence-corrected chi connectivity index (χ1v) is 7.99. The molecule has 1 amide bonds. The van der Waals surface area contributed by atoms with Crippen molar-refractivity contribution in [2.45, 2.75) is 33.0 Å². The summed E-state index contributed by atoms with van der Waals surface area (Å²) in [5, 5.41) is 2.53. The van der Waals surface area contributed by atoms with Gasteiger partial charge in [0.25, 0.3) is 5.91 Å². The Morgan fingerprint density at radius 2 is 1.96 bits per heavy atom. The number of carbonyl (C=O) groups excluding carboxylic acids is 1. The minimum Gasteiger partial charge on any atom is -0.348 e. The van der Waals surface area contributed by atoms with Crippen LogP contribution in [-0.2, 0) is 12.7 Å². The first kappa shape index (κ1) is 18.4. The molecule has 0 aliphatic heterocycles. The van der Waals surface area contributed by atoms with Crippen molar-refractivity contribution in [2.24, 2.45) is 0 Å². The van der Waals surface area contributed by atoms with Crippen molar-refractivity contribution in [3.8, 4) is 0 Å². The second kappa shape index (κ2) is 7.30. The van der Waals surface area contributed by atoms with Gasteiger partial charge in [-0.05, 0) is 44.5 Å². The zero-order chi connectivity index (χ0) is 17.9. The minimum atomic E-state index is -4.45. The van der Waals surface area contributed by atoms with Crippen LogP contribution in [0.25, 0.3) is 0 Å². The lowest BCUT2D eigenvalue weighted by atomic mass is 10.1. The first-order valence-electron chi connectivity index (χ1n) is 7.45. The number of nitrogens with zero attached hydrogens (tertiary/aromatic N) is 1. The molecule has 0 radical (unpaired) electrons. The summed E-state index contributed by atoms with van der Waals surface area (Å²) in [4.78, 5) is 12.4. The summed E-state index contributed by atoms with van der Waals surface area (Å²) < 4.78 is 40.2. The highest BCUT2D eigenvalue weighted by atomic mass is 35.5. The molecule has 0 atom stereocenters. The summed E-state index contributed by atoms with van der Waals surface area (Å²) in [6.45, 7) is 4.38. The lowest BCUT2D eigenvalue weighted by molar-refractivity contribution is -0.137. The maximum atomic E-state index is 12.7. The molecule has 0 bridgehead atoms. The van der Waals surface area contributed by atoms with Gasteiger partial charge in [-0.3, -0.25) is 4.79 Å². The number of aryl methyl sites for hydroxylation is 1. The van der Waals surface area contributed by atoms with E-state index in [0.29, 0.717) is 18.0 Å². The van der Waals surface area contributed by atoms with Gasteiger partial charge < -0.3 is 9.88 Å². The highest BCUT2D eigenvalue weighted by Crippen LogP contribution is 2.30. The van der Waals surface area contributed by atoms with Crippen molar-refractivity contribution in [1.82, 2.24) is 4.57 Å². The highest BCUT2D eigenvalue weighted by molar-refractivity contribution is 6.17. The standard InChI is InChI=1S/C17H18ClF3N2O/c1-11-9-15(12(2)23(11)8-4-7-18)16(24)22-14-6-3-5-13(10-14)17(19,20)21/h3,5-6,9-10H,4,7-8H2,1-2H3,(H,22,24). The Bertz CT molecular complexity index is 738. The van der Waals surface area contributed by atoms with E-state index in [0.717, 1.165) is 29.9 Å². The number of nitrogens with one attached hydrogen (secondary N) is 1. The number of anilines is 1. The molecule has 2 aromatic rings. The van der Waals surface area contributed by atoms with Crippen LogP contribution >= 0.6 is 11.6 Å². The Hall–Kier alpha value is -1.95. The van der Waals surface area contributed by atoms with Gasteiger partial charge >= 0.3 is 6.18 Å². The molecule has 1 N–H and O–H groups in total. The van der Waals surface area contributed by atoms with Crippen molar-refractivity contribution in [3.63, 3.8) is 0 Å². The zero-order valence-corrected chi connectivity index (χ0v) is 14.1. The molecule has 0 fully saturated rings. The lowest BCUT2D eigenvalue weighted by Crippen LogP contribution is -2.14. The highest BCUT2D eigenvalue weighted by Gasteiger charge is 2.30. The molecule has 0 saturated heterocycles. The van der Waals surface area contributed by atoms with E-state index in [-0.39, 0.29) is 5.69 Å². The summed E-state index contributed by atoms with van der Waals surface area (Å²) >= 11 is 5.70. The second-order valence-electron chi connectivity index (χ2n) is 5.51. The van der Waals surface area contributed by atoms with Crippen LogP contribution in [0.5, 0.6) is 0 Å². The molecule has 1 aromatic heterocycles. The second-order valence-corrected chi connectivity index (χ2v) is 5.89. The molecule has 0 aliphatic rings. The van der Waals surface area contributed by atoms with Gasteiger partial charge in [0.05, 0.1) is 11.1 Å². The van der Waals surface area contributed by atoms with Gasteiger partial charge in [0.1, 0.15) is 0 Å². The fourth-order valence-electron chi connectivity index (χ4n) is 2.56. The zero-order valence-electron chi connectivity index (χ0n) is 13.4. The number of benzene rings is 1. The Morgan fingerprint density at radius 3 is 2.58 bits per heavy atom. The van der Waals surface area contributed by atoms with Gasteiger partial charge in [-0.1, -0.05) is 6.07 Å². The van der Waals surface area contributed by atoms with Gasteiger partial charge in [-0.15, -0.1) is 11.6 Å². The third-order valence-electron chi connectivity index (χ3n) is 3.78. The van der Waals surface area contributed by atoms with Crippen LogP contribution in [0, 0.1) is 13.8 Å². The lowest BCUT2D eigenvalue weighted by Gasteiger charge is -2.11. The smallest absolute Gasteiger partial charge is 0.348 e. The van der Waals surface area contributed by atoms with Crippen LogP contribution < -0.4 is 5.32 Å². The summed E-state index contributed by atoms with van der Waals surface area (Å²) in [5.74, 6) is 0.0857. The predicted molar refractivity (Wildman–Crippen MR) is 88.6 cm³/mol. The van der Waals surface area contributed by atoms with E-state index < -0.39 is 17.6 Å². The molecule has 7 heteroatoms. The van der Waals surface area contributed by atoms with Crippen molar-refractivity contribution < 1.29 is 18.0 Å². The van der Waals surface area contributed by atoms with Gasteiger partial charge in [0.15, 0.2) is 0 Å². The average molecular weight is 359 g/mol. The largest absolute Gasteiger partial charge is 0.416 e. The van der Waals surface area contributed by atoms with Crippen LogP contribution in [0.15, 0.2) is 30.3 Å². The monoisotopic (exact) mass is 358 g/mol. The fraction of sp³-hybridized carbons (Fsp3) is 0.353. The average Bonchev–Trinajstić information content (AvgIpc) is 2.79. The van der Waals surface area contributed by atoms with Gasteiger partial charge in [0.2, 0.25) is 0 Å². The summed E-state index contributed by atoms with van der Waals surface area (Å²) in [6.07, 6.45) is -3.68. The molecule has 0 saturated carbocycles. The molecule has 0 unspecified atom stereocenters. The fourth-order valence-corrected chi connectivity index (χ4v) is 2.68. The summed E-state index contributed by atoms with van der Waals surface area (Å²) in [6, 6.07) is 6.31. The number of alkyl halides is 4. The van der Waals surface area contributed by atoms with E-state index >= 15 is 0 Å². The van der Waals surface area contributed by atoms with E-state index in [4.69, 9.17) is 11.6 Å². The van der Waals surface area contributed by atoms with Crippen LogP contribution in [0.3, 0.4) is 0 Å². The Labute approximate surface area is 143 Å². The van der Waals surface area contributed by atoms with Crippen molar-refractivity contribution in [3.05, 3.63) is 52.8 Å². The minimum absolute atomic E-state index is 0.111. The van der Waals surface area contributed by atoms with Crippen LogP contribution in [-0.4, -0.2) is 16.4 Å². The maximum absolute atomic E-state index is 12.7. The first-order chi connectivity index (χ1) is 11.2. The molecular formula is C17H18ClF3N2O. The molecule has 0 spiro atoms. The molecule has 130 valence electrons. The number of carbonyl (C=O) groups is 1. The molecular weight excluding hydrogens is 341 g/mol. The van der Waals surface area contributed by atoms with E-state index in [9.17, 15) is 18.0 Å². The summed E-state index contributed by atoms with van der Waals surface area (Å²) in [7, 11) is 0. The topological polar surface area (TPSA) is 34.0 Å². The van der Waals surface area contributed by atoms with Gasteiger partial charge in [-0.25, -0.2) is 0 Å². The van der Waals surface area contributed by atoms with E-state index in [1.807, 2.05) is 18.4 Å². The SMILES string of the molecule is Cc1cc(C(=O)Nc2cccc(C(F)(F)F)c2)c(C)n1CCCCl. The third-order valence-corrected chi connectivity index (χ3v) is 4.05. The van der Waals surface area contributed by atoms with Gasteiger partial charge in [0, 0.05) is 29.5 Å². The van der Waals surface area contributed by atoms with Crippen LogP contribution in [0.4, 0.5) is 18.9 Å². The number of rotatable bonds is 5. The quantitative estimate of drug-likeness (QED) is 0.749. The van der Waals surface area contributed by atoms with Crippen molar-refractivity contribution in [1.29, 1.82) is 0 Å². The Balaban J connectivity index is 2.22. The van der Waals surface area contributed by atoms with Crippen LogP contribution in [0.2, 0.25) is 0 Å². The molecule has 1 heterocycles. The molecule has 0 aliphatic carbocycles.